The van der Waals surface area contributed by atoms with Crippen molar-refractivity contribution in [3.05, 3.63) is 69.5 Å². The van der Waals surface area contributed by atoms with Crippen LogP contribution in [0.25, 0.3) is 10.9 Å². The SMILES string of the molecule is Cc1ccc(C(=O)[C@@H](C)Sc2nc3ccccc3c(=O)n2CCCN2CCOCC2)cc1C. The van der Waals surface area contributed by atoms with Gasteiger partial charge >= 0.3 is 0 Å². The van der Waals surface area contributed by atoms with Gasteiger partial charge in [0.2, 0.25) is 0 Å². The lowest BCUT2D eigenvalue weighted by Gasteiger charge is -2.26. The average molecular weight is 466 g/mol. The Balaban J connectivity index is 1.57. The van der Waals surface area contributed by atoms with E-state index in [-0.39, 0.29) is 16.6 Å². The van der Waals surface area contributed by atoms with Crippen molar-refractivity contribution in [2.45, 2.75) is 44.1 Å². The molecule has 1 saturated heterocycles. The van der Waals surface area contributed by atoms with Gasteiger partial charge in [-0.1, -0.05) is 36.0 Å². The molecule has 0 radical (unpaired) electrons. The maximum Gasteiger partial charge on any atom is 0.262 e. The molecule has 1 aliphatic rings. The summed E-state index contributed by atoms with van der Waals surface area (Å²) in [4.78, 5) is 33.6. The van der Waals surface area contributed by atoms with Crippen molar-refractivity contribution in [3.8, 4) is 0 Å². The van der Waals surface area contributed by atoms with E-state index in [4.69, 9.17) is 9.72 Å². The van der Waals surface area contributed by atoms with E-state index in [1.807, 2.05) is 63.2 Å². The number of morpholine rings is 1. The van der Waals surface area contributed by atoms with Crippen LogP contribution in [0.2, 0.25) is 0 Å². The molecular formula is C26H31N3O3S. The molecule has 0 saturated carbocycles. The molecule has 1 atom stereocenters. The van der Waals surface area contributed by atoms with Crippen LogP contribution in [-0.2, 0) is 11.3 Å². The highest BCUT2D eigenvalue weighted by atomic mass is 32.2. The molecule has 33 heavy (non-hydrogen) atoms. The van der Waals surface area contributed by atoms with Crippen LogP contribution in [-0.4, -0.2) is 58.3 Å². The summed E-state index contributed by atoms with van der Waals surface area (Å²) in [7, 11) is 0. The first kappa shape index (κ1) is 23.7. The lowest BCUT2D eigenvalue weighted by Crippen LogP contribution is -2.37. The van der Waals surface area contributed by atoms with Crippen LogP contribution >= 0.6 is 11.8 Å². The lowest BCUT2D eigenvalue weighted by atomic mass is 10.0. The van der Waals surface area contributed by atoms with E-state index >= 15 is 0 Å². The predicted octanol–water partition coefficient (Wildman–Crippen LogP) is 4.10. The Kier molecular flexibility index (Phi) is 7.63. The normalized spacial score (nSPS) is 15.6. The number of ether oxygens (including phenoxy) is 1. The Morgan fingerprint density at radius 1 is 1.09 bits per heavy atom. The Labute approximate surface area is 199 Å². The summed E-state index contributed by atoms with van der Waals surface area (Å²) < 4.78 is 7.17. The molecule has 0 N–H and O–H groups in total. The number of carbonyl (C=O) groups excluding carboxylic acids is 1. The zero-order chi connectivity index (χ0) is 23.4. The molecule has 1 aromatic heterocycles. The molecule has 0 unspecified atom stereocenters. The van der Waals surface area contributed by atoms with Crippen LogP contribution < -0.4 is 5.56 Å². The summed E-state index contributed by atoms with van der Waals surface area (Å²) in [6.07, 6.45) is 0.840. The molecule has 6 nitrogen and oxygen atoms in total. The number of aryl methyl sites for hydroxylation is 2. The summed E-state index contributed by atoms with van der Waals surface area (Å²) in [6, 6.07) is 13.2. The van der Waals surface area contributed by atoms with Crippen molar-refractivity contribution >= 4 is 28.4 Å². The Hall–Kier alpha value is -2.48. The third kappa shape index (κ3) is 5.54. The first-order valence-electron chi connectivity index (χ1n) is 11.5. The smallest absolute Gasteiger partial charge is 0.262 e. The minimum absolute atomic E-state index is 0.0455. The minimum atomic E-state index is -0.356. The molecule has 2 aromatic carbocycles. The van der Waals surface area contributed by atoms with Gasteiger partial charge in [-0.3, -0.25) is 19.1 Å². The maximum atomic E-state index is 13.3. The molecule has 7 heteroatoms. The van der Waals surface area contributed by atoms with Crippen LogP contribution in [0, 0.1) is 13.8 Å². The number of rotatable bonds is 8. The molecule has 0 amide bonds. The summed E-state index contributed by atoms with van der Waals surface area (Å²) in [5.74, 6) is 0.0466. The predicted molar refractivity (Wildman–Crippen MR) is 133 cm³/mol. The van der Waals surface area contributed by atoms with E-state index in [0.29, 0.717) is 28.2 Å². The fourth-order valence-electron chi connectivity index (χ4n) is 4.05. The number of hydrogen-bond acceptors (Lipinski definition) is 6. The topological polar surface area (TPSA) is 64.4 Å². The number of Topliss-reactive ketones (excluding diaryl/α,β-unsaturated/α-hetero) is 1. The van der Waals surface area contributed by atoms with Gasteiger partial charge in [0.25, 0.3) is 5.56 Å². The number of aromatic nitrogens is 2. The van der Waals surface area contributed by atoms with Crippen LogP contribution in [0.1, 0.15) is 34.8 Å². The summed E-state index contributed by atoms with van der Waals surface area (Å²) in [6.45, 7) is 10.8. The lowest BCUT2D eigenvalue weighted by molar-refractivity contribution is 0.0368. The number of carbonyl (C=O) groups is 1. The molecule has 3 aromatic rings. The first-order valence-corrected chi connectivity index (χ1v) is 12.4. The van der Waals surface area contributed by atoms with Crippen molar-refractivity contribution in [1.82, 2.24) is 14.5 Å². The Morgan fingerprint density at radius 3 is 2.61 bits per heavy atom. The van der Waals surface area contributed by atoms with E-state index in [0.717, 1.165) is 50.4 Å². The van der Waals surface area contributed by atoms with Gasteiger partial charge in [-0.05, 0) is 56.5 Å². The molecule has 0 spiro atoms. The highest BCUT2D eigenvalue weighted by Gasteiger charge is 2.21. The second-order valence-corrected chi connectivity index (χ2v) is 9.91. The standard InChI is InChI=1S/C26H31N3O3S/c1-18-9-10-21(17-19(18)2)24(30)20(3)33-26-27-23-8-5-4-7-22(23)25(31)29(26)12-6-11-28-13-15-32-16-14-28/h4-5,7-10,17,20H,6,11-16H2,1-3H3/t20-/m1/s1. The molecule has 0 bridgehead atoms. The number of ketones is 1. The van der Waals surface area contributed by atoms with Gasteiger partial charge in [0.05, 0.1) is 29.4 Å². The van der Waals surface area contributed by atoms with Crippen molar-refractivity contribution in [2.24, 2.45) is 0 Å². The van der Waals surface area contributed by atoms with Crippen LogP contribution in [0.5, 0.6) is 0 Å². The first-order chi connectivity index (χ1) is 15.9. The third-order valence-corrected chi connectivity index (χ3v) is 7.32. The van der Waals surface area contributed by atoms with Crippen LogP contribution in [0.3, 0.4) is 0 Å². The van der Waals surface area contributed by atoms with Crippen LogP contribution in [0.4, 0.5) is 0 Å². The third-order valence-electron chi connectivity index (χ3n) is 6.23. The van der Waals surface area contributed by atoms with E-state index in [1.165, 1.54) is 11.8 Å². The van der Waals surface area contributed by atoms with Crippen molar-refractivity contribution < 1.29 is 9.53 Å². The number of fused-ring (bicyclic) bond motifs is 1. The highest BCUT2D eigenvalue weighted by Crippen LogP contribution is 2.26. The molecule has 1 fully saturated rings. The number of nitrogens with zero attached hydrogens (tertiary/aromatic N) is 3. The molecule has 1 aliphatic heterocycles. The van der Waals surface area contributed by atoms with Gasteiger partial charge in [0.15, 0.2) is 10.9 Å². The molecular weight excluding hydrogens is 434 g/mol. The van der Waals surface area contributed by atoms with E-state index < -0.39 is 0 Å². The van der Waals surface area contributed by atoms with E-state index in [1.54, 1.807) is 4.57 Å². The largest absolute Gasteiger partial charge is 0.379 e. The zero-order valence-corrected chi connectivity index (χ0v) is 20.4. The second kappa shape index (κ2) is 10.6. The van der Waals surface area contributed by atoms with Crippen molar-refractivity contribution in [2.75, 3.05) is 32.8 Å². The van der Waals surface area contributed by atoms with Gasteiger partial charge in [0.1, 0.15) is 0 Å². The second-order valence-electron chi connectivity index (χ2n) is 8.60. The molecule has 4 rings (SSSR count). The number of hydrogen-bond donors (Lipinski definition) is 0. The fraction of sp³-hybridized carbons (Fsp3) is 0.423. The number of benzene rings is 2. The average Bonchev–Trinajstić information content (AvgIpc) is 2.83. The summed E-state index contributed by atoms with van der Waals surface area (Å²) >= 11 is 1.37. The number of para-hydroxylation sites is 1. The molecule has 174 valence electrons. The fourth-order valence-corrected chi connectivity index (χ4v) is 5.06. The minimum Gasteiger partial charge on any atom is -0.379 e. The van der Waals surface area contributed by atoms with Gasteiger partial charge in [-0.15, -0.1) is 0 Å². The summed E-state index contributed by atoms with van der Waals surface area (Å²) in [5, 5.41) is 0.859. The maximum absolute atomic E-state index is 13.3. The monoisotopic (exact) mass is 465 g/mol. The van der Waals surface area contributed by atoms with Crippen molar-refractivity contribution in [3.63, 3.8) is 0 Å². The zero-order valence-electron chi connectivity index (χ0n) is 19.5. The van der Waals surface area contributed by atoms with Gasteiger partial charge in [0, 0.05) is 31.7 Å². The quantitative estimate of drug-likeness (QED) is 0.284. The van der Waals surface area contributed by atoms with Gasteiger partial charge in [-0.25, -0.2) is 4.98 Å². The van der Waals surface area contributed by atoms with E-state index in [2.05, 4.69) is 4.90 Å². The molecule has 0 aliphatic carbocycles. The highest BCUT2D eigenvalue weighted by molar-refractivity contribution is 8.00. The van der Waals surface area contributed by atoms with E-state index in [9.17, 15) is 9.59 Å². The van der Waals surface area contributed by atoms with Crippen molar-refractivity contribution in [1.29, 1.82) is 0 Å². The molecule has 2 heterocycles. The van der Waals surface area contributed by atoms with Crippen LogP contribution in [0.15, 0.2) is 52.4 Å². The summed E-state index contributed by atoms with van der Waals surface area (Å²) in [5.41, 5.74) is 3.58. The Bertz CT molecular complexity index is 1200. The number of thioether (sulfide) groups is 1. The van der Waals surface area contributed by atoms with Gasteiger partial charge in [-0.2, -0.15) is 0 Å². The van der Waals surface area contributed by atoms with Gasteiger partial charge < -0.3 is 4.74 Å². The Morgan fingerprint density at radius 2 is 1.85 bits per heavy atom.